The van der Waals surface area contributed by atoms with Crippen LogP contribution in [-0.2, 0) is 10.5 Å². The summed E-state index contributed by atoms with van der Waals surface area (Å²) >= 11 is 0. The maximum absolute atomic E-state index is 6.04. The van der Waals surface area contributed by atoms with Crippen molar-refractivity contribution >= 4 is 12.4 Å². The Kier molecular flexibility index (Phi) is 4.23. The normalized spacial score (nSPS) is 27.3. The van der Waals surface area contributed by atoms with Crippen LogP contribution in [0, 0.1) is 12.3 Å². The average Bonchev–Trinajstić information content (AvgIpc) is 2.24. The molecule has 1 aliphatic heterocycles. The topological polar surface area (TPSA) is 21.3 Å². The van der Waals surface area contributed by atoms with Gasteiger partial charge in [-0.2, -0.15) is 0 Å². The molecule has 0 amide bonds. The Morgan fingerprint density at radius 3 is 2.35 bits per heavy atom. The maximum Gasteiger partial charge on any atom is 0.142 e. The summed E-state index contributed by atoms with van der Waals surface area (Å²) in [5.74, 6) is 0. The fourth-order valence-electron chi connectivity index (χ4n) is 2.13. The summed E-state index contributed by atoms with van der Waals surface area (Å²) in [6.45, 7) is 10.5. The molecule has 3 heteroatoms. The van der Waals surface area contributed by atoms with E-state index in [2.05, 4.69) is 57.3 Å². The Hall–Kier alpha value is -0.570. The number of hydrogen-bond donors (Lipinski definition) is 1. The zero-order valence-electron chi connectivity index (χ0n) is 11.0. The molecule has 2 nitrogen and oxygen atoms in total. The van der Waals surface area contributed by atoms with Crippen LogP contribution in [0.3, 0.4) is 0 Å². The largest absolute Gasteiger partial charge is 0.356 e. The van der Waals surface area contributed by atoms with Crippen molar-refractivity contribution in [2.24, 2.45) is 5.41 Å². The molecule has 1 aromatic carbocycles. The molecule has 1 aliphatic rings. The Labute approximate surface area is 110 Å². The number of hydrogen-bond acceptors (Lipinski definition) is 2. The Balaban J connectivity index is 0.00000144. The molecule has 17 heavy (non-hydrogen) atoms. The highest BCUT2D eigenvalue weighted by atomic mass is 35.5. The molecule has 1 heterocycles. The predicted octanol–water partition coefficient (Wildman–Crippen LogP) is 3.24. The van der Waals surface area contributed by atoms with E-state index >= 15 is 0 Å². The molecule has 0 aliphatic carbocycles. The van der Waals surface area contributed by atoms with E-state index in [0.717, 1.165) is 13.2 Å². The molecule has 0 aromatic heterocycles. The highest BCUT2D eigenvalue weighted by molar-refractivity contribution is 5.85. The van der Waals surface area contributed by atoms with Gasteiger partial charge in [0.15, 0.2) is 0 Å². The van der Waals surface area contributed by atoms with Gasteiger partial charge in [-0.25, -0.2) is 0 Å². The van der Waals surface area contributed by atoms with Gasteiger partial charge in [0.1, 0.15) is 5.72 Å². The van der Waals surface area contributed by atoms with Crippen LogP contribution in [0.4, 0.5) is 0 Å². The molecule has 1 aromatic rings. The van der Waals surface area contributed by atoms with Gasteiger partial charge in [0.05, 0.1) is 6.61 Å². The molecule has 0 spiro atoms. The second-order valence-corrected chi connectivity index (χ2v) is 5.65. The van der Waals surface area contributed by atoms with Gasteiger partial charge >= 0.3 is 0 Å². The molecule has 1 fully saturated rings. The summed E-state index contributed by atoms with van der Waals surface area (Å²) in [5.41, 5.74) is 2.41. The molecule has 1 N–H and O–H groups in total. The lowest BCUT2D eigenvalue weighted by Gasteiger charge is -2.43. The van der Waals surface area contributed by atoms with Gasteiger partial charge in [0.25, 0.3) is 0 Å². The van der Waals surface area contributed by atoms with Crippen molar-refractivity contribution in [3.05, 3.63) is 35.4 Å². The van der Waals surface area contributed by atoms with Crippen molar-refractivity contribution < 1.29 is 4.74 Å². The van der Waals surface area contributed by atoms with Gasteiger partial charge in [0.2, 0.25) is 0 Å². The smallest absolute Gasteiger partial charge is 0.142 e. The Morgan fingerprint density at radius 1 is 1.18 bits per heavy atom. The van der Waals surface area contributed by atoms with Crippen LogP contribution in [0.5, 0.6) is 0 Å². The molecular weight excluding hydrogens is 234 g/mol. The van der Waals surface area contributed by atoms with E-state index in [9.17, 15) is 0 Å². The number of nitrogens with one attached hydrogen (secondary N) is 1. The highest BCUT2D eigenvalue weighted by Crippen LogP contribution is 2.32. The van der Waals surface area contributed by atoms with Crippen molar-refractivity contribution in [3.8, 4) is 0 Å². The molecule has 0 radical (unpaired) electrons. The minimum absolute atomic E-state index is 0. The zero-order valence-corrected chi connectivity index (χ0v) is 11.9. The lowest BCUT2D eigenvalue weighted by atomic mass is 9.89. The molecule has 96 valence electrons. The monoisotopic (exact) mass is 255 g/mol. The summed E-state index contributed by atoms with van der Waals surface area (Å²) in [6, 6.07) is 8.40. The van der Waals surface area contributed by atoms with Crippen molar-refractivity contribution in [1.82, 2.24) is 5.32 Å². The van der Waals surface area contributed by atoms with Crippen molar-refractivity contribution in [2.75, 3.05) is 13.2 Å². The summed E-state index contributed by atoms with van der Waals surface area (Å²) in [5, 5.41) is 3.52. The molecule has 1 atom stereocenters. The van der Waals surface area contributed by atoms with E-state index in [-0.39, 0.29) is 23.5 Å². The predicted molar refractivity (Wildman–Crippen MR) is 73.5 cm³/mol. The number of halogens is 1. The third-order valence-corrected chi connectivity index (χ3v) is 3.31. The molecule has 1 unspecified atom stereocenters. The molecular formula is C14H22ClNO. The second-order valence-electron chi connectivity index (χ2n) is 5.65. The van der Waals surface area contributed by atoms with Gasteiger partial charge in [-0.3, -0.25) is 5.32 Å². The fraction of sp³-hybridized carbons (Fsp3) is 0.571. The van der Waals surface area contributed by atoms with Crippen LogP contribution in [0.25, 0.3) is 0 Å². The lowest BCUT2D eigenvalue weighted by Crippen LogP contribution is -2.54. The van der Waals surface area contributed by atoms with Crippen LogP contribution < -0.4 is 5.32 Å². The second kappa shape index (κ2) is 4.97. The first-order valence-electron chi connectivity index (χ1n) is 5.88. The van der Waals surface area contributed by atoms with Crippen molar-refractivity contribution in [2.45, 2.75) is 33.4 Å². The maximum atomic E-state index is 6.04. The average molecular weight is 256 g/mol. The summed E-state index contributed by atoms with van der Waals surface area (Å²) < 4.78 is 6.04. The molecule has 0 bridgehead atoms. The lowest BCUT2D eigenvalue weighted by molar-refractivity contribution is -0.132. The standard InChI is InChI=1S/C14H21NO.ClH/c1-11-7-5-6-8-12(11)14(4)15-9-13(2,3)10-16-14;/h5-8,15H,9-10H2,1-4H3;1H. The third kappa shape index (κ3) is 3.01. The number of aryl methyl sites for hydroxylation is 1. The van der Waals surface area contributed by atoms with E-state index in [1.807, 2.05) is 0 Å². The number of ether oxygens (including phenoxy) is 1. The minimum Gasteiger partial charge on any atom is -0.356 e. The quantitative estimate of drug-likeness (QED) is 0.832. The van der Waals surface area contributed by atoms with Crippen LogP contribution in [0.2, 0.25) is 0 Å². The van der Waals surface area contributed by atoms with E-state index in [4.69, 9.17) is 4.74 Å². The van der Waals surface area contributed by atoms with Gasteiger partial charge in [-0.05, 0) is 19.4 Å². The number of benzene rings is 1. The van der Waals surface area contributed by atoms with Gasteiger partial charge < -0.3 is 4.74 Å². The van der Waals surface area contributed by atoms with E-state index in [1.54, 1.807) is 0 Å². The fourth-order valence-corrected chi connectivity index (χ4v) is 2.13. The first kappa shape index (κ1) is 14.5. The van der Waals surface area contributed by atoms with Crippen LogP contribution in [0.1, 0.15) is 31.9 Å². The molecule has 1 saturated heterocycles. The Bertz CT molecular complexity index is 380. The highest BCUT2D eigenvalue weighted by Gasteiger charge is 2.37. The molecule has 2 rings (SSSR count). The SMILES string of the molecule is Cc1ccccc1C1(C)NCC(C)(C)CO1.Cl. The van der Waals surface area contributed by atoms with Crippen LogP contribution in [-0.4, -0.2) is 13.2 Å². The summed E-state index contributed by atoms with van der Waals surface area (Å²) in [7, 11) is 0. The number of rotatable bonds is 1. The van der Waals surface area contributed by atoms with Crippen molar-refractivity contribution in [1.29, 1.82) is 0 Å². The first-order valence-corrected chi connectivity index (χ1v) is 5.88. The third-order valence-electron chi connectivity index (χ3n) is 3.31. The molecule has 0 saturated carbocycles. The first-order chi connectivity index (χ1) is 7.43. The summed E-state index contributed by atoms with van der Waals surface area (Å²) in [6.07, 6.45) is 0. The minimum atomic E-state index is -0.332. The summed E-state index contributed by atoms with van der Waals surface area (Å²) in [4.78, 5) is 0. The zero-order chi connectivity index (χ0) is 11.8. The van der Waals surface area contributed by atoms with Gasteiger partial charge in [-0.15, -0.1) is 12.4 Å². The Morgan fingerprint density at radius 2 is 1.82 bits per heavy atom. The van der Waals surface area contributed by atoms with E-state index in [1.165, 1.54) is 11.1 Å². The van der Waals surface area contributed by atoms with Gasteiger partial charge in [-0.1, -0.05) is 38.1 Å². The van der Waals surface area contributed by atoms with Crippen LogP contribution >= 0.6 is 12.4 Å². The van der Waals surface area contributed by atoms with Crippen LogP contribution in [0.15, 0.2) is 24.3 Å². The van der Waals surface area contributed by atoms with Crippen molar-refractivity contribution in [3.63, 3.8) is 0 Å². The van der Waals surface area contributed by atoms with Gasteiger partial charge in [0, 0.05) is 17.5 Å². The van der Waals surface area contributed by atoms with E-state index < -0.39 is 0 Å². The van der Waals surface area contributed by atoms with E-state index in [0.29, 0.717) is 0 Å².